The molecule has 120 valence electrons. The SMILES string of the molecule is CCOC(=O)C(CCCC(C(=O)O)C(=O)OCC)C(=O)O. The predicted molar refractivity (Wildman–Crippen MR) is 69.4 cm³/mol. The summed E-state index contributed by atoms with van der Waals surface area (Å²) in [5, 5.41) is 17.9. The summed E-state index contributed by atoms with van der Waals surface area (Å²) in [7, 11) is 0. The standard InChI is InChI=1S/C13H20O8/c1-3-20-12(18)8(10(14)15)6-5-7-9(11(16)17)13(19)21-4-2/h8-9H,3-7H2,1-2H3,(H,14,15)(H,16,17). The first-order valence-corrected chi connectivity index (χ1v) is 6.63. The molecule has 0 amide bonds. The van der Waals surface area contributed by atoms with E-state index >= 15 is 0 Å². The van der Waals surface area contributed by atoms with E-state index in [2.05, 4.69) is 9.47 Å². The Kier molecular flexibility index (Phi) is 8.75. The third-order valence-electron chi connectivity index (χ3n) is 2.72. The van der Waals surface area contributed by atoms with Crippen LogP contribution in [0.1, 0.15) is 33.1 Å². The molecule has 0 aliphatic heterocycles. The number of ether oxygens (including phenoxy) is 2. The van der Waals surface area contributed by atoms with Crippen LogP contribution in [0.3, 0.4) is 0 Å². The van der Waals surface area contributed by atoms with Crippen LogP contribution < -0.4 is 0 Å². The van der Waals surface area contributed by atoms with Crippen molar-refractivity contribution in [3.05, 3.63) is 0 Å². The third-order valence-corrected chi connectivity index (χ3v) is 2.72. The molecule has 0 radical (unpaired) electrons. The minimum absolute atomic E-state index is 0.0587. The molecule has 0 fully saturated rings. The third kappa shape index (κ3) is 6.73. The van der Waals surface area contributed by atoms with Crippen molar-refractivity contribution in [3.8, 4) is 0 Å². The number of esters is 2. The fourth-order valence-corrected chi connectivity index (χ4v) is 1.70. The smallest absolute Gasteiger partial charge is 0.320 e. The van der Waals surface area contributed by atoms with Crippen LogP contribution in [0.5, 0.6) is 0 Å². The van der Waals surface area contributed by atoms with Gasteiger partial charge in [0.1, 0.15) is 0 Å². The molecule has 2 N–H and O–H groups in total. The van der Waals surface area contributed by atoms with Crippen molar-refractivity contribution in [2.75, 3.05) is 13.2 Å². The second-order valence-electron chi connectivity index (χ2n) is 4.22. The summed E-state index contributed by atoms with van der Waals surface area (Å²) in [6.07, 6.45) is -0.125. The lowest BCUT2D eigenvalue weighted by molar-refractivity contribution is -0.159. The Bertz CT molecular complexity index is 354. The van der Waals surface area contributed by atoms with E-state index in [0.29, 0.717) is 0 Å². The zero-order valence-corrected chi connectivity index (χ0v) is 12.0. The molecule has 0 rings (SSSR count). The number of aliphatic carboxylic acids is 2. The number of rotatable bonds is 10. The maximum Gasteiger partial charge on any atom is 0.320 e. The van der Waals surface area contributed by atoms with Gasteiger partial charge in [-0.3, -0.25) is 19.2 Å². The van der Waals surface area contributed by atoms with Gasteiger partial charge < -0.3 is 19.7 Å². The topological polar surface area (TPSA) is 127 Å². The van der Waals surface area contributed by atoms with E-state index in [0.717, 1.165) is 0 Å². The number of carboxylic acids is 2. The fourth-order valence-electron chi connectivity index (χ4n) is 1.70. The van der Waals surface area contributed by atoms with Gasteiger partial charge in [0.25, 0.3) is 0 Å². The highest BCUT2D eigenvalue weighted by Gasteiger charge is 2.31. The number of hydrogen-bond donors (Lipinski definition) is 2. The normalized spacial score (nSPS) is 13.0. The van der Waals surface area contributed by atoms with Gasteiger partial charge in [-0.25, -0.2) is 0 Å². The molecule has 0 aliphatic carbocycles. The molecule has 0 saturated heterocycles. The van der Waals surface area contributed by atoms with Crippen molar-refractivity contribution in [2.45, 2.75) is 33.1 Å². The largest absolute Gasteiger partial charge is 0.481 e. The van der Waals surface area contributed by atoms with Crippen LogP contribution >= 0.6 is 0 Å². The van der Waals surface area contributed by atoms with Gasteiger partial charge in [-0.15, -0.1) is 0 Å². The summed E-state index contributed by atoms with van der Waals surface area (Å²) in [6, 6.07) is 0. The molecular weight excluding hydrogens is 284 g/mol. The molecule has 0 spiro atoms. The molecule has 0 aromatic rings. The molecular formula is C13H20O8. The molecule has 2 unspecified atom stereocenters. The maximum atomic E-state index is 11.4. The minimum atomic E-state index is -1.36. The lowest BCUT2D eigenvalue weighted by atomic mass is 9.96. The van der Waals surface area contributed by atoms with Crippen molar-refractivity contribution >= 4 is 23.9 Å². The van der Waals surface area contributed by atoms with Gasteiger partial charge in [-0.1, -0.05) is 6.42 Å². The molecule has 2 atom stereocenters. The fraction of sp³-hybridized carbons (Fsp3) is 0.692. The van der Waals surface area contributed by atoms with Crippen LogP contribution in [0, 0.1) is 11.8 Å². The maximum absolute atomic E-state index is 11.4. The first kappa shape index (κ1) is 18.9. The van der Waals surface area contributed by atoms with Crippen LogP contribution in [-0.4, -0.2) is 47.3 Å². The Balaban J connectivity index is 4.52. The summed E-state index contributed by atoms with van der Waals surface area (Å²) >= 11 is 0. The molecule has 0 saturated carbocycles. The quantitative estimate of drug-likeness (QED) is 0.445. The number of carboxylic acid groups (broad SMARTS) is 2. The highest BCUT2D eigenvalue weighted by atomic mass is 16.5. The summed E-state index contributed by atoms with van der Waals surface area (Å²) in [5.74, 6) is -7.13. The van der Waals surface area contributed by atoms with Crippen molar-refractivity contribution in [2.24, 2.45) is 11.8 Å². The summed E-state index contributed by atoms with van der Waals surface area (Å²) < 4.78 is 9.26. The number of hydrogen-bond acceptors (Lipinski definition) is 6. The Morgan fingerprint density at radius 1 is 0.810 bits per heavy atom. The Labute approximate surface area is 122 Å². The van der Waals surface area contributed by atoms with Gasteiger partial charge in [0.05, 0.1) is 13.2 Å². The van der Waals surface area contributed by atoms with Crippen LogP contribution in [-0.2, 0) is 28.7 Å². The zero-order chi connectivity index (χ0) is 16.4. The molecule has 0 bridgehead atoms. The van der Waals surface area contributed by atoms with Crippen molar-refractivity contribution in [1.29, 1.82) is 0 Å². The number of carbonyl (C=O) groups excluding carboxylic acids is 2. The van der Waals surface area contributed by atoms with Gasteiger partial charge in [-0.05, 0) is 26.7 Å². The Morgan fingerprint density at radius 3 is 1.38 bits per heavy atom. The van der Waals surface area contributed by atoms with Gasteiger partial charge >= 0.3 is 23.9 Å². The van der Waals surface area contributed by atoms with E-state index in [1.807, 2.05) is 0 Å². The van der Waals surface area contributed by atoms with Gasteiger partial charge in [-0.2, -0.15) is 0 Å². The summed E-state index contributed by atoms with van der Waals surface area (Å²) in [5.41, 5.74) is 0. The van der Waals surface area contributed by atoms with Crippen LogP contribution in [0.2, 0.25) is 0 Å². The van der Waals surface area contributed by atoms with Crippen molar-refractivity contribution < 1.29 is 38.9 Å². The minimum Gasteiger partial charge on any atom is -0.481 e. The molecule has 0 heterocycles. The Hall–Kier alpha value is -2.12. The average molecular weight is 304 g/mol. The first-order chi connectivity index (χ1) is 9.84. The second-order valence-corrected chi connectivity index (χ2v) is 4.22. The van der Waals surface area contributed by atoms with Gasteiger partial charge in [0.2, 0.25) is 0 Å². The molecule has 0 aliphatic rings. The van der Waals surface area contributed by atoms with Crippen molar-refractivity contribution in [3.63, 3.8) is 0 Å². The van der Waals surface area contributed by atoms with Gasteiger partial charge in [0.15, 0.2) is 11.8 Å². The van der Waals surface area contributed by atoms with E-state index in [-0.39, 0.29) is 32.5 Å². The van der Waals surface area contributed by atoms with Crippen LogP contribution in [0.25, 0.3) is 0 Å². The highest BCUT2D eigenvalue weighted by molar-refractivity contribution is 5.94. The van der Waals surface area contributed by atoms with Crippen LogP contribution in [0.4, 0.5) is 0 Å². The lowest BCUT2D eigenvalue weighted by Gasteiger charge is -2.13. The summed E-state index contributed by atoms with van der Waals surface area (Å²) in [4.78, 5) is 44.7. The Morgan fingerprint density at radius 2 is 1.14 bits per heavy atom. The average Bonchev–Trinajstić information content (AvgIpc) is 2.38. The second kappa shape index (κ2) is 9.73. The van der Waals surface area contributed by atoms with E-state index < -0.39 is 35.7 Å². The monoisotopic (exact) mass is 304 g/mol. The molecule has 8 heteroatoms. The molecule has 8 nitrogen and oxygen atoms in total. The van der Waals surface area contributed by atoms with E-state index in [1.54, 1.807) is 13.8 Å². The van der Waals surface area contributed by atoms with Crippen LogP contribution in [0.15, 0.2) is 0 Å². The highest BCUT2D eigenvalue weighted by Crippen LogP contribution is 2.17. The predicted octanol–water partition coefficient (Wildman–Crippen LogP) is 0.684. The molecule has 0 aromatic heterocycles. The molecule has 21 heavy (non-hydrogen) atoms. The molecule has 0 aromatic carbocycles. The zero-order valence-electron chi connectivity index (χ0n) is 12.0. The summed E-state index contributed by atoms with van der Waals surface area (Å²) in [6.45, 7) is 3.22. The number of carbonyl (C=O) groups is 4. The first-order valence-electron chi connectivity index (χ1n) is 6.63. The van der Waals surface area contributed by atoms with E-state index in [1.165, 1.54) is 0 Å². The van der Waals surface area contributed by atoms with Gasteiger partial charge in [0, 0.05) is 0 Å². The van der Waals surface area contributed by atoms with E-state index in [9.17, 15) is 19.2 Å². The van der Waals surface area contributed by atoms with Crippen molar-refractivity contribution in [1.82, 2.24) is 0 Å². The lowest BCUT2D eigenvalue weighted by Crippen LogP contribution is -2.28. The van der Waals surface area contributed by atoms with E-state index in [4.69, 9.17) is 10.2 Å².